The van der Waals surface area contributed by atoms with E-state index < -0.39 is 0 Å². The summed E-state index contributed by atoms with van der Waals surface area (Å²) >= 11 is 3.19. The molecule has 0 atom stereocenters. The van der Waals surface area contributed by atoms with E-state index in [1.54, 1.807) is 0 Å². The normalized spacial score (nSPS) is 19.7. The number of hydrogen-bond donors (Lipinski definition) is 0. The lowest BCUT2D eigenvalue weighted by Crippen LogP contribution is -2.38. The first kappa shape index (κ1) is 10.0. The fraction of sp³-hybridized carbons (Fsp3) is 0.889. The Kier molecular flexibility index (Phi) is 4.06. The first-order chi connectivity index (χ1) is 5.77. The zero-order valence-electron chi connectivity index (χ0n) is 7.55. The molecule has 0 radical (unpaired) electrons. The van der Waals surface area contributed by atoms with E-state index in [1.807, 2.05) is 4.90 Å². The van der Waals surface area contributed by atoms with Gasteiger partial charge in [0.1, 0.15) is 0 Å². The minimum atomic E-state index is 0.240. The molecule has 2 nitrogen and oxygen atoms in total. The molecule has 1 heterocycles. The van der Waals surface area contributed by atoms with E-state index in [1.165, 1.54) is 19.3 Å². The molecule has 70 valence electrons. The molecular formula is C9H16BrNO. The van der Waals surface area contributed by atoms with E-state index in [-0.39, 0.29) is 5.91 Å². The summed E-state index contributed by atoms with van der Waals surface area (Å²) in [5.41, 5.74) is 0. The van der Waals surface area contributed by atoms with Crippen molar-refractivity contribution in [2.24, 2.45) is 5.92 Å². The summed E-state index contributed by atoms with van der Waals surface area (Å²) in [6, 6.07) is 0. The van der Waals surface area contributed by atoms with E-state index >= 15 is 0 Å². The minimum absolute atomic E-state index is 0.240. The number of carbonyl (C=O) groups is 1. The number of alkyl halides is 1. The van der Waals surface area contributed by atoms with Crippen molar-refractivity contribution in [1.29, 1.82) is 0 Å². The zero-order valence-corrected chi connectivity index (χ0v) is 9.14. The topological polar surface area (TPSA) is 20.3 Å². The Morgan fingerprint density at radius 1 is 1.50 bits per heavy atom. The lowest BCUT2D eigenvalue weighted by Gasteiger charge is -2.31. The van der Waals surface area contributed by atoms with Gasteiger partial charge in [-0.05, 0) is 18.8 Å². The van der Waals surface area contributed by atoms with Gasteiger partial charge in [-0.2, -0.15) is 0 Å². The largest absolute Gasteiger partial charge is 0.342 e. The summed E-state index contributed by atoms with van der Waals surface area (Å²) in [6.07, 6.45) is 3.64. The van der Waals surface area contributed by atoms with Crippen LogP contribution in [-0.4, -0.2) is 29.2 Å². The number of piperidine rings is 1. The van der Waals surface area contributed by atoms with Gasteiger partial charge in [0.2, 0.25) is 5.91 Å². The lowest BCUT2D eigenvalue weighted by molar-refractivity contribution is -0.129. The standard InChI is InChI=1S/C9H16BrNO/c1-2-8-3-5-11(6-4-8)9(12)7-10/h8H,2-7H2,1H3. The van der Waals surface area contributed by atoms with Crippen LogP contribution in [-0.2, 0) is 4.79 Å². The smallest absolute Gasteiger partial charge is 0.233 e. The quantitative estimate of drug-likeness (QED) is 0.669. The van der Waals surface area contributed by atoms with Crippen LogP contribution < -0.4 is 0 Å². The maximum Gasteiger partial charge on any atom is 0.233 e. The summed E-state index contributed by atoms with van der Waals surface area (Å²) in [4.78, 5) is 13.2. The Morgan fingerprint density at radius 3 is 2.50 bits per heavy atom. The van der Waals surface area contributed by atoms with Crippen molar-refractivity contribution in [2.45, 2.75) is 26.2 Å². The molecule has 0 aromatic carbocycles. The van der Waals surface area contributed by atoms with Crippen LogP contribution >= 0.6 is 15.9 Å². The highest BCUT2D eigenvalue weighted by Crippen LogP contribution is 2.19. The number of likely N-dealkylation sites (tertiary alicyclic amines) is 1. The van der Waals surface area contributed by atoms with E-state index in [4.69, 9.17) is 0 Å². The van der Waals surface area contributed by atoms with Crippen LogP contribution in [0.5, 0.6) is 0 Å². The molecule has 0 N–H and O–H groups in total. The Bertz CT molecular complexity index is 153. The SMILES string of the molecule is CCC1CCN(C(=O)CBr)CC1. The predicted octanol–water partition coefficient (Wildman–Crippen LogP) is 2.03. The van der Waals surface area contributed by atoms with Gasteiger partial charge in [0.15, 0.2) is 0 Å². The van der Waals surface area contributed by atoms with Crippen LogP contribution in [0.2, 0.25) is 0 Å². The number of halogens is 1. The van der Waals surface area contributed by atoms with Gasteiger partial charge in [-0.1, -0.05) is 29.3 Å². The van der Waals surface area contributed by atoms with Crippen molar-refractivity contribution < 1.29 is 4.79 Å². The molecule has 0 bridgehead atoms. The molecule has 1 fully saturated rings. The Morgan fingerprint density at radius 2 is 2.08 bits per heavy atom. The second-order valence-corrected chi connectivity index (χ2v) is 3.93. The summed E-state index contributed by atoms with van der Waals surface area (Å²) in [5, 5.41) is 0.476. The van der Waals surface area contributed by atoms with Crippen LogP contribution in [0, 0.1) is 5.92 Å². The average molecular weight is 234 g/mol. The van der Waals surface area contributed by atoms with E-state index in [0.29, 0.717) is 5.33 Å². The molecule has 0 aromatic heterocycles. The highest BCUT2D eigenvalue weighted by molar-refractivity contribution is 9.09. The van der Waals surface area contributed by atoms with Crippen LogP contribution in [0.4, 0.5) is 0 Å². The van der Waals surface area contributed by atoms with Crippen molar-refractivity contribution in [3.63, 3.8) is 0 Å². The highest BCUT2D eigenvalue weighted by Gasteiger charge is 2.20. The highest BCUT2D eigenvalue weighted by atomic mass is 79.9. The molecule has 0 saturated carbocycles. The zero-order chi connectivity index (χ0) is 8.97. The van der Waals surface area contributed by atoms with Crippen molar-refractivity contribution in [2.75, 3.05) is 18.4 Å². The summed E-state index contributed by atoms with van der Waals surface area (Å²) in [7, 11) is 0. The Balaban J connectivity index is 2.30. The number of amides is 1. The number of rotatable bonds is 2. The molecule has 1 amide bonds. The van der Waals surface area contributed by atoms with Gasteiger partial charge in [0.25, 0.3) is 0 Å². The molecular weight excluding hydrogens is 218 g/mol. The first-order valence-corrected chi connectivity index (χ1v) is 5.73. The maximum absolute atomic E-state index is 11.2. The van der Waals surface area contributed by atoms with Gasteiger partial charge in [0.05, 0.1) is 5.33 Å². The van der Waals surface area contributed by atoms with Crippen molar-refractivity contribution in [3.05, 3.63) is 0 Å². The van der Waals surface area contributed by atoms with Crippen LogP contribution in [0.1, 0.15) is 26.2 Å². The predicted molar refractivity (Wildman–Crippen MR) is 53.4 cm³/mol. The Labute approximate surface area is 82.4 Å². The molecule has 1 rings (SSSR count). The van der Waals surface area contributed by atoms with Gasteiger partial charge in [-0.3, -0.25) is 4.79 Å². The van der Waals surface area contributed by atoms with Crippen LogP contribution in [0.15, 0.2) is 0 Å². The molecule has 1 aliphatic heterocycles. The third-order valence-electron chi connectivity index (χ3n) is 2.66. The van der Waals surface area contributed by atoms with Crippen molar-refractivity contribution >= 4 is 21.8 Å². The fourth-order valence-electron chi connectivity index (χ4n) is 1.68. The van der Waals surface area contributed by atoms with E-state index in [2.05, 4.69) is 22.9 Å². The Hall–Kier alpha value is -0.0500. The number of nitrogens with zero attached hydrogens (tertiary/aromatic N) is 1. The monoisotopic (exact) mass is 233 g/mol. The average Bonchev–Trinajstić information content (AvgIpc) is 2.17. The minimum Gasteiger partial charge on any atom is -0.342 e. The molecule has 3 heteroatoms. The molecule has 1 saturated heterocycles. The van der Waals surface area contributed by atoms with Crippen molar-refractivity contribution in [3.8, 4) is 0 Å². The van der Waals surface area contributed by atoms with Gasteiger partial charge >= 0.3 is 0 Å². The number of carbonyl (C=O) groups excluding carboxylic acids is 1. The molecule has 0 aromatic rings. The van der Waals surface area contributed by atoms with Crippen LogP contribution in [0.25, 0.3) is 0 Å². The lowest BCUT2D eigenvalue weighted by atomic mass is 9.94. The summed E-state index contributed by atoms with van der Waals surface area (Å²) in [5.74, 6) is 1.09. The van der Waals surface area contributed by atoms with Gasteiger partial charge in [-0.15, -0.1) is 0 Å². The first-order valence-electron chi connectivity index (χ1n) is 4.61. The van der Waals surface area contributed by atoms with Crippen molar-refractivity contribution in [1.82, 2.24) is 4.90 Å². The second kappa shape index (κ2) is 4.85. The van der Waals surface area contributed by atoms with Gasteiger partial charge < -0.3 is 4.90 Å². The van der Waals surface area contributed by atoms with Crippen LogP contribution in [0.3, 0.4) is 0 Å². The second-order valence-electron chi connectivity index (χ2n) is 3.37. The van der Waals surface area contributed by atoms with Gasteiger partial charge in [-0.25, -0.2) is 0 Å². The molecule has 0 unspecified atom stereocenters. The third kappa shape index (κ3) is 2.47. The van der Waals surface area contributed by atoms with E-state index in [0.717, 1.165) is 19.0 Å². The molecule has 12 heavy (non-hydrogen) atoms. The van der Waals surface area contributed by atoms with E-state index in [9.17, 15) is 4.79 Å². The molecule has 0 spiro atoms. The molecule has 0 aliphatic carbocycles. The summed E-state index contributed by atoms with van der Waals surface area (Å²) < 4.78 is 0. The fourth-order valence-corrected chi connectivity index (χ4v) is 2.03. The maximum atomic E-state index is 11.2. The third-order valence-corrected chi connectivity index (χ3v) is 3.14. The number of hydrogen-bond acceptors (Lipinski definition) is 1. The van der Waals surface area contributed by atoms with Gasteiger partial charge in [0, 0.05) is 13.1 Å². The summed E-state index contributed by atoms with van der Waals surface area (Å²) in [6.45, 7) is 4.15. The molecule has 1 aliphatic rings.